The van der Waals surface area contributed by atoms with E-state index in [0.29, 0.717) is 29.1 Å². The largest absolute Gasteiger partial charge is 0.336 e. The van der Waals surface area contributed by atoms with E-state index in [-0.39, 0.29) is 17.6 Å². The number of carbonyl (C=O) groups is 2. The lowest BCUT2D eigenvalue weighted by Crippen LogP contribution is -2.37. The molecule has 0 unspecified atom stereocenters. The van der Waals surface area contributed by atoms with Crippen molar-refractivity contribution in [3.8, 4) is 0 Å². The van der Waals surface area contributed by atoms with Crippen LogP contribution < -0.4 is 9.80 Å². The Hall–Kier alpha value is -3.73. The van der Waals surface area contributed by atoms with Crippen molar-refractivity contribution in [3.05, 3.63) is 101 Å². The molecule has 154 valence electrons. The normalized spacial score (nSPS) is 16.2. The maximum absolute atomic E-state index is 13.7. The highest BCUT2D eigenvalue weighted by Crippen LogP contribution is 2.39. The van der Waals surface area contributed by atoms with Crippen molar-refractivity contribution >= 4 is 28.8 Å². The van der Waals surface area contributed by atoms with E-state index in [1.165, 1.54) is 17.0 Å². The molecule has 0 fully saturated rings. The van der Waals surface area contributed by atoms with Crippen molar-refractivity contribution in [1.29, 1.82) is 0 Å². The smallest absolute Gasteiger partial charge is 0.282 e. The lowest BCUT2D eigenvalue weighted by atomic mass is 9.98. The summed E-state index contributed by atoms with van der Waals surface area (Å²) in [5.74, 6) is -1.13. The van der Waals surface area contributed by atoms with Gasteiger partial charge in [-0.2, -0.15) is 0 Å². The number of anilines is 2. The fraction of sp³-hybridized carbons (Fsp3) is 0.154. The first-order valence-corrected chi connectivity index (χ1v) is 10.4. The number of para-hydroxylation sites is 1. The van der Waals surface area contributed by atoms with Crippen molar-refractivity contribution in [2.24, 2.45) is 0 Å². The van der Waals surface area contributed by atoms with Crippen molar-refractivity contribution in [2.45, 2.75) is 19.8 Å². The highest BCUT2D eigenvalue weighted by molar-refractivity contribution is 6.46. The van der Waals surface area contributed by atoms with Gasteiger partial charge in [-0.25, -0.2) is 9.29 Å². The van der Waals surface area contributed by atoms with E-state index in [1.807, 2.05) is 48.2 Å². The number of imide groups is 1. The lowest BCUT2D eigenvalue weighted by molar-refractivity contribution is -0.120. The topological polar surface area (TPSA) is 40.6 Å². The number of nitrogens with zero attached hydrogens (tertiary/aromatic N) is 2. The van der Waals surface area contributed by atoms with Crippen LogP contribution in [0.5, 0.6) is 0 Å². The second-order valence-corrected chi connectivity index (χ2v) is 7.90. The Balaban J connectivity index is 1.70. The number of rotatable bonds is 3. The maximum Gasteiger partial charge on any atom is 0.282 e. The molecule has 0 saturated carbocycles. The Morgan fingerprint density at radius 2 is 1.65 bits per heavy atom. The summed E-state index contributed by atoms with van der Waals surface area (Å²) in [6, 6.07) is 21.1. The van der Waals surface area contributed by atoms with Gasteiger partial charge in [0, 0.05) is 12.2 Å². The van der Waals surface area contributed by atoms with Gasteiger partial charge in [-0.05, 0) is 66.8 Å². The zero-order valence-electron chi connectivity index (χ0n) is 17.1. The van der Waals surface area contributed by atoms with Crippen molar-refractivity contribution in [2.75, 3.05) is 16.3 Å². The van der Waals surface area contributed by atoms with E-state index in [0.717, 1.165) is 29.7 Å². The highest BCUT2D eigenvalue weighted by Gasteiger charge is 2.43. The van der Waals surface area contributed by atoms with E-state index in [9.17, 15) is 14.0 Å². The zero-order valence-corrected chi connectivity index (χ0v) is 17.1. The Morgan fingerprint density at radius 3 is 2.42 bits per heavy atom. The van der Waals surface area contributed by atoms with Gasteiger partial charge < -0.3 is 4.90 Å². The van der Waals surface area contributed by atoms with Gasteiger partial charge in [0.15, 0.2) is 0 Å². The molecule has 2 aliphatic rings. The molecule has 3 aromatic rings. The summed E-state index contributed by atoms with van der Waals surface area (Å²) in [6.07, 6.45) is 1.80. The summed E-state index contributed by atoms with van der Waals surface area (Å²) in [7, 11) is 0. The monoisotopic (exact) mass is 412 g/mol. The van der Waals surface area contributed by atoms with Gasteiger partial charge in [-0.3, -0.25) is 9.59 Å². The molecule has 3 aromatic carbocycles. The molecule has 31 heavy (non-hydrogen) atoms. The Labute approximate surface area is 180 Å². The second-order valence-electron chi connectivity index (χ2n) is 7.90. The molecule has 2 amide bonds. The molecule has 0 bridgehead atoms. The van der Waals surface area contributed by atoms with Crippen LogP contribution in [0.15, 0.2) is 78.5 Å². The average molecular weight is 412 g/mol. The lowest BCUT2D eigenvalue weighted by Gasteiger charge is -2.32. The number of hydrogen-bond donors (Lipinski definition) is 0. The summed E-state index contributed by atoms with van der Waals surface area (Å²) in [5.41, 5.74) is 4.78. The van der Waals surface area contributed by atoms with E-state index in [2.05, 4.69) is 6.07 Å². The van der Waals surface area contributed by atoms with Gasteiger partial charge in [0.2, 0.25) is 0 Å². The van der Waals surface area contributed by atoms with Crippen LogP contribution in [0, 0.1) is 12.7 Å². The van der Waals surface area contributed by atoms with Crippen LogP contribution in [0.4, 0.5) is 15.8 Å². The summed E-state index contributed by atoms with van der Waals surface area (Å²) in [4.78, 5) is 30.5. The summed E-state index contributed by atoms with van der Waals surface area (Å²) >= 11 is 0. The third-order valence-electron chi connectivity index (χ3n) is 5.83. The van der Waals surface area contributed by atoms with Gasteiger partial charge in [-0.1, -0.05) is 42.5 Å². The Kier molecular flexibility index (Phi) is 4.66. The molecule has 0 spiro atoms. The molecule has 0 radical (unpaired) electrons. The number of fused-ring (bicyclic) bond motifs is 1. The maximum atomic E-state index is 13.7. The average Bonchev–Trinajstić information content (AvgIpc) is 3.04. The fourth-order valence-electron chi connectivity index (χ4n) is 4.41. The van der Waals surface area contributed by atoms with E-state index in [1.54, 1.807) is 18.2 Å². The van der Waals surface area contributed by atoms with Gasteiger partial charge in [0.1, 0.15) is 11.5 Å². The van der Waals surface area contributed by atoms with Crippen LogP contribution >= 0.6 is 0 Å². The minimum Gasteiger partial charge on any atom is -0.336 e. The van der Waals surface area contributed by atoms with Gasteiger partial charge >= 0.3 is 0 Å². The molecular weight excluding hydrogens is 391 g/mol. The minimum absolute atomic E-state index is 0.309. The molecule has 5 heteroatoms. The number of hydrogen-bond acceptors (Lipinski definition) is 3. The van der Waals surface area contributed by atoms with Crippen LogP contribution in [-0.4, -0.2) is 18.4 Å². The summed E-state index contributed by atoms with van der Waals surface area (Å²) in [6.45, 7) is 2.56. The molecule has 5 rings (SSSR count). The first-order valence-electron chi connectivity index (χ1n) is 10.4. The summed E-state index contributed by atoms with van der Waals surface area (Å²) in [5, 5.41) is 0. The van der Waals surface area contributed by atoms with Gasteiger partial charge in [0.25, 0.3) is 11.8 Å². The second kappa shape index (κ2) is 7.51. The van der Waals surface area contributed by atoms with E-state index < -0.39 is 0 Å². The SMILES string of the molecule is Cc1cccc(N2C(=O)C(c3ccc(F)cc3)=C(N3CCCc4ccccc43)C2=O)c1. The van der Waals surface area contributed by atoms with E-state index in [4.69, 9.17) is 0 Å². The van der Waals surface area contributed by atoms with Crippen LogP contribution in [-0.2, 0) is 16.0 Å². The zero-order chi connectivity index (χ0) is 21.5. The van der Waals surface area contributed by atoms with E-state index >= 15 is 0 Å². The third kappa shape index (κ3) is 3.22. The quantitative estimate of drug-likeness (QED) is 0.576. The standard InChI is InChI=1S/C26H21FN2O2/c1-17-6-4-9-21(16-17)29-25(30)23(19-11-13-20(27)14-12-19)24(26(29)31)28-15-5-8-18-7-2-3-10-22(18)28/h2-4,6-7,9-14,16H,5,8,15H2,1H3. The number of carbonyl (C=O) groups excluding carboxylic acids is 2. The molecule has 4 nitrogen and oxygen atoms in total. The summed E-state index contributed by atoms with van der Waals surface area (Å²) < 4.78 is 13.6. The number of benzene rings is 3. The third-order valence-corrected chi connectivity index (χ3v) is 5.83. The number of amides is 2. The van der Waals surface area contributed by atoms with Crippen molar-refractivity contribution in [3.63, 3.8) is 0 Å². The fourth-order valence-corrected chi connectivity index (χ4v) is 4.41. The van der Waals surface area contributed by atoms with Crippen molar-refractivity contribution in [1.82, 2.24) is 0 Å². The molecule has 0 aliphatic carbocycles. The number of halogens is 1. The predicted molar refractivity (Wildman–Crippen MR) is 119 cm³/mol. The van der Waals surface area contributed by atoms with Gasteiger partial charge in [0.05, 0.1) is 11.3 Å². The predicted octanol–water partition coefficient (Wildman–Crippen LogP) is 4.87. The highest BCUT2D eigenvalue weighted by atomic mass is 19.1. The van der Waals surface area contributed by atoms with Crippen LogP contribution in [0.25, 0.3) is 5.57 Å². The van der Waals surface area contributed by atoms with Crippen LogP contribution in [0.1, 0.15) is 23.1 Å². The molecule has 0 saturated heterocycles. The molecule has 2 heterocycles. The molecule has 0 atom stereocenters. The Bertz CT molecular complexity index is 1230. The molecular formula is C26H21FN2O2. The Morgan fingerprint density at radius 1 is 0.871 bits per heavy atom. The first-order chi connectivity index (χ1) is 15.0. The van der Waals surface area contributed by atoms with Crippen LogP contribution in [0.2, 0.25) is 0 Å². The van der Waals surface area contributed by atoms with Gasteiger partial charge in [-0.15, -0.1) is 0 Å². The minimum atomic E-state index is -0.389. The van der Waals surface area contributed by atoms with Crippen molar-refractivity contribution < 1.29 is 14.0 Å². The number of aryl methyl sites for hydroxylation is 2. The molecule has 0 N–H and O–H groups in total. The molecule has 2 aliphatic heterocycles. The molecule has 0 aromatic heterocycles. The first kappa shape index (κ1) is 19.2. The van der Waals surface area contributed by atoms with Crippen LogP contribution in [0.3, 0.4) is 0 Å².